The lowest BCUT2D eigenvalue weighted by Gasteiger charge is -2.34. The van der Waals surface area contributed by atoms with E-state index in [0.717, 1.165) is 23.3 Å². The minimum Gasteiger partial charge on any atom is -0.493 e. The van der Waals surface area contributed by atoms with Crippen LogP contribution in [0.2, 0.25) is 5.02 Å². The molecule has 28 heavy (non-hydrogen) atoms. The van der Waals surface area contributed by atoms with E-state index in [-0.39, 0.29) is 23.9 Å². The predicted octanol–water partition coefficient (Wildman–Crippen LogP) is 2.35. The number of hydrogen-bond acceptors (Lipinski definition) is 4. The van der Waals surface area contributed by atoms with Gasteiger partial charge in [0, 0.05) is 37.6 Å². The number of fused-ring (bicyclic) bond motifs is 1. The number of amides is 1. The summed E-state index contributed by atoms with van der Waals surface area (Å²) in [7, 11) is -3.60. The van der Waals surface area contributed by atoms with E-state index in [4.69, 9.17) is 16.3 Å². The Morgan fingerprint density at radius 3 is 2.61 bits per heavy atom. The highest BCUT2D eigenvalue weighted by molar-refractivity contribution is 7.89. The maximum atomic E-state index is 12.8. The Morgan fingerprint density at radius 1 is 1.07 bits per heavy atom. The first-order chi connectivity index (χ1) is 13.4. The van der Waals surface area contributed by atoms with Crippen LogP contribution in [0, 0.1) is 0 Å². The van der Waals surface area contributed by atoms with E-state index in [1.165, 1.54) is 16.4 Å². The molecule has 0 unspecified atom stereocenters. The fourth-order valence-corrected chi connectivity index (χ4v) is 5.31. The average Bonchev–Trinajstić information content (AvgIpc) is 3.16. The van der Waals surface area contributed by atoms with Crippen LogP contribution in [0.4, 0.5) is 0 Å². The number of nitrogens with zero attached hydrogens (tertiary/aromatic N) is 2. The van der Waals surface area contributed by atoms with Crippen LogP contribution >= 0.6 is 11.6 Å². The van der Waals surface area contributed by atoms with Gasteiger partial charge in [-0.05, 0) is 35.4 Å². The van der Waals surface area contributed by atoms with E-state index in [2.05, 4.69) is 0 Å². The molecule has 0 radical (unpaired) electrons. The van der Waals surface area contributed by atoms with Gasteiger partial charge in [-0.2, -0.15) is 4.31 Å². The van der Waals surface area contributed by atoms with E-state index in [1.807, 2.05) is 18.2 Å². The molecule has 148 valence electrons. The maximum absolute atomic E-state index is 12.8. The van der Waals surface area contributed by atoms with Crippen LogP contribution in [0.1, 0.15) is 11.1 Å². The molecule has 0 aliphatic carbocycles. The van der Waals surface area contributed by atoms with Crippen LogP contribution in [-0.2, 0) is 27.7 Å². The third-order valence-corrected chi connectivity index (χ3v) is 7.26. The van der Waals surface area contributed by atoms with Crippen molar-refractivity contribution in [3.05, 3.63) is 58.6 Å². The van der Waals surface area contributed by atoms with Crippen LogP contribution in [0.5, 0.6) is 5.75 Å². The fourth-order valence-electron chi connectivity index (χ4n) is 3.59. The Labute approximate surface area is 169 Å². The highest BCUT2D eigenvalue weighted by Gasteiger charge is 2.30. The van der Waals surface area contributed by atoms with Gasteiger partial charge in [0.25, 0.3) is 0 Å². The normalized spacial score (nSPS) is 17.2. The maximum Gasteiger partial charge on any atom is 0.243 e. The Kier molecular flexibility index (Phi) is 5.31. The van der Waals surface area contributed by atoms with Crippen LogP contribution in [0.3, 0.4) is 0 Å². The molecule has 0 bridgehead atoms. The summed E-state index contributed by atoms with van der Waals surface area (Å²) in [5.74, 6) is 0.912. The minimum absolute atomic E-state index is 0.0127. The number of carbonyl (C=O) groups is 1. The molecule has 2 aliphatic heterocycles. The van der Waals surface area contributed by atoms with Crippen molar-refractivity contribution in [3.63, 3.8) is 0 Å². The second-order valence-electron chi connectivity index (χ2n) is 6.96. The number of rotatable bonds is 4. The zero-order chi connectivity index (χ0) is 19.7. The van der Waals surface area contributed by atoms with Crippen molar-refractivity contribution in [2.75, 3.05) is 32.8 Å². The molecule has 4 rings (SSSR count). The molecule has 1 saturated heterocycles. The summed E-state index contributed by atoms with van der Waals surface area (Å²) in [6.45, 7) is 2.01. The lowest BCUT2D eigenvalue weighted by atomic mass is 10.1. The number of ether oxygens (including phenoxy) is 1. The minimum atomic E-state index is -3.60. The number of piperazine rings is 1. The van der Waals surface area contributed by atoms with E-state index in [9.17, 15) is 13.2 Å². The van der Waals surface area contributed by atoms with E-state index in [1.54, 1.807) is 17.0 Å². The van der Waals surface area contributed by atoms with Gasteiger partial charge in [-0.25, -0.2) is 8.42 Å². The lowest BCUT2D eigenvalue weighted by molar-refractivity contribution is -0.131. The molecule has 0 atom stereocenters. The van der Waals surface area contributed by atoms with Gasteiger partial charge in [-0.3, -0.25) is 4.79 Å². The number of halogens is 1. The standard InChI is InChI=1S/C20H21ClN2O4S/c21-17-2-1-3-18(14-17)28(25,26)23-9-7-22(8-10-23)20(24)13-15-4-5-19-16(12-15)6-11-27-19/h1-5,12,14H,6-11,13H2. The molecule has 6 nitrogen and oxygen atoms in total. The monoisotopic (exact) mass is 420 g/mol. The Hall–Kier alpha value is -2.09. The van der Waals surface area contributed by atoms with Crippen LogP contribution in [-0.4, -0.2) is 56.3 Å². The van der Waals surface area contributed by atoms with Gasteiger partial charge in [0.1, 0.15) is 5.75 Å². The smallest absolute Gasteiger partial charge is 0.243 e. The van der Waals surface area contributed by atoms with Crippen molar-refractivity contribution in [3.8, 4) is 5.75 Å². The van der Waals surface area contributed by atoms with E-state index < -0.39 is 10.0 Å². The highest BCUT2D eigenvalue weighted by atomic mass is 35.5. The summed E-state index contributed by atoms with van der Waals surface area (Å²) in [4.78, 5) is 14.6. The number of benzene rings is 2. The van der Waals surface area contributed by atoms with Crippen molar-refractivity contribution in [2.45, 2.75) is 17.7 Å². The van der Waals surface area contributed by atoms with Crippen molar-refractivity contribution < 1.29 is 17.9 Å². The van der Waals surface area contributed by atoms with Gasteiger partial charge in [-0.1, -0.05) is 29.8 Å². The summed E-state index contributed by atoms with van der Waals surface area (Å²) in [5.41, 5.74) is 2.10. The summed E-state index contributed by atoms with van der Waals surface area (Å²) < 4.78 is 32.4. The summed E-state index contributed by atoms with van der Waals surface area (Å²) in [6, 6.07) is 12.1. The molecule has 0 N–H and O–H groups in total. The Bertz CT molecular complexity index is 1000. The molecule has 2 aromatic rings. The first-order valence-electron chi connectivity index (χ1n) is 9.21. The Balaban J connectivity index is 1.38. The molecule has 2 heterocycles. The number of hydrogen-bond donors (Lipinski definition) is 0. The average molecular weight is 421 g/mol. The zero-order valence-electron chi connectivity index (χ0n) is 15.3. The second-order valence-corrected chi connectivity index (χ2v) is 9.33. The molecular weight excluding hydrogens is 400 g/mol. The molecule has 2 aliphatic rings. The lowest BCUT2D eigenvalue weighted by Crippen LogP contribution is -2.50. The van der Waals surface area contributed by atoms with Crippen molar-refractivity contribution >= 4 is 27.5 Å². The van der Waals surface area contributed by atoms with Gasteiger partial charge in [0.05, 0.1) is 17.9 Å². The molecule has 2 aromatic carbocycles. The van der Waals surface area contributed by atoms with E-state index in [0.29, 0.717) is 31.1 Å². The van der Waals surface area contributed by atoms with Gasteiger partial charge >= 0.3 is 0 Å². The third-order valence-electron chi connectivity index (χ3n) is 5.13. The molecule has 8 heteroatoms. The van der Waals surface area contributed by atoms with Crippen molar-refractivity contribution in [1.82, 2.24) is 9.21 Å². The van der Waals surface area contributed by atoms with Crippen LogP contribution < -0.4 is 4.74 Å². The van der Waals surface area contributed by atoms with Crippen molar-refractivity contribution in [1.29, 1.82) is 0 Å². The first kappa shape index (κ1) is 19.2. The zero-order valence-corrected chi connectivity index (χ0v) is 16.9. The molecule has 0 aromatic heterocycles. The predicted molar refractivity (Wildman–Crippen MR) is 106 cm³/mol. The molecule has 1 fully saturated rings. The van der Waals surface area contributed by atoms with Gasteiger partial charge in [0.2, 0.25) is 15.9 Å². The van der Waals surface area contributed by atoms with Gasteiger partial charge in [-0.15, -0.1) is 0 Å². The number of sulfonamides is 1. The van der Waals surface area contributed by atoms with Crippen LogP contribution in [0.25, 0.3) is 0 Å². The molecular formula is C20H21ClN2O4S. The van der Waals surface area contributed by atoms with Gasteiger partial charge in [0.15, 0.2) is 0 Å². The number of carbonyl (C=O) groups excluding carboxylic acids is 1. The summed E-state index contributed by atoms with van der Waals surface area (Å²) in [5, 5.41) is 0.384. The second kappa shape index (κ2) is 7.73. The SMILES string of the molecule is O=C(Cc1ccc2c(c1)CCO2)N1CCN(S(=O)(=O)c2cccc(Cl)c2)CC1. The molecule has 0 saturated carbocycles. The molecule has 1 amide bonds. The quantitative estimate of drug-likeness (QED) is 0.761. The largest absolute Gasteiger partial charge is 0.493 e. The van der Waals surface area contributed by atoms with Gasteiger partial charge < -0.3 is 9.64 Å². The third kappa shape index (κ3) is 3.87. The van der Waals surface area contributed by atoms with E-state index >= 15 is 0 Å². The summed E-state index contributed by atoms with van der Waals surface area (Å²) in [6.07, 6.45) is 1.19. The van der Waals surface area contributed by atoms with Crippen LogP contribution in [0.15, 0.2) is 47.4 Å². The first-order valence-corrected chi connectivity index (χ1v) is 11.0. The van der Waals surface area contributed by atoms with Crippen molar-refractivity contribution in [2.24, 2.45) is 0 Å². The highest BCUT2D eigenvalue weighted by Crippen LogP contribution is 2.26. The topological polar surface area (TPSA) is 66.9 Å². The fraction of sp³-hybridized carbons (Fsp3) is 0.350. The Morgan fingerprint density at radius 2 is 1.86 bits per heavy atom. The summed E-state index contributed by atoms with van der Waals surface area (Å²) >= 11 is 5.92. The molecule has 0 spiro atoms.